The van der Waals surface area contributed by atoms with E-state index in [9.17, 15) is 13.2 Å². The molecule has 2 aromatic carbocycles. The SMILES string of the molecule is CCc1ccc(N(CC(=O)N/N=C\c2cccnc2)S(=O)(=O)c2ccccc2)cc1. The van der Waals surface area contributed by atoms with Crippen molar-refractivity contribution in [2.24, 2.45) is 5.10 Å². The molecule has 1 N–H and O–H groups in total. The molecule has 0 saturated heterocycles. The lowest BCUT2D eigenvalue weighted by Gasteiger charge is -2.24. The van der Waals surface area contributed by atoms with Crippen molar-refractivity contribution in [1.82, 2.24) is 10.4 Å². The van der Waals surface area contributed by atoms with Crippen molar-refractivity contribution in [3.05, 3.63) is 90.3 Å². The van der Waals surface area contributed by atoms with Crippen LogP contribution in [-0.4, -0.2) is 32.1 Å². The minimum absolute atomic E-state index is 0.108. The highest BCUT2D eigenvalue weighted by Gasteiger charge is 2.27. The number of rotatable bonds is 8. The van der Waals surface area contributed by atoms with Crippen molar-refractivity contribution >= 4 is 27.8 Å². The second kappa shape index (κ2) is 9.80. The Balaban J connectivity index is 1.83. The smallest absolute Gasteiger partial charge is 0.264 e. The maximum absolute atomic E-state index is 13.2. The zero-order valence-electron chi connectivity index (χ0n) is 16.5. The molecule has 3 rings (SSSR count). The highest BCUT2D eigenvalue weighted by atomic mass is 32.2. The molecule has 8 heteroatoms. The van der Waals surface area contributed by atoms with Crippen LogP contribution in [-0.2, 0) is 21.2 Å². The number of aromatic nitrogens is 1. The van der Waals surface area contributed by atoms with Gasteiger partial charge in [-0.05, 0) is 42.3 Å². The van der Waals surface area contributed by atoms with Gasteiger partial charge in [0.25, 0.3) is 15.9 Å². The summed E-state index contributed by atoms with van der Waals surface area (Å²) >= 11 is 0. The van der Waals surface area contributed by atoms with Gasteiger partial charge in [-0.15, -0.1) is 0 Å². The second-order valence-corrected chi connectivity index (χ2v) is 8.29. The molecule has 0 aliphatic heterocycles. The monoisotopic (exact) mass is 422 g/mol. The summed E-state index contributed by atoms with van der Waals surface area (Å²) < 4.78 is 27.5. The molecule has 1 heterocycles. The topological polar surface area (TPSA) is 91.7 Å². The summed E-state index contributed by atoms with van der Waals surface area (Å²) in [5.41, 5.74) is 4.56. The zero-order valence-corrected chi connectivity index (χ0v) is 17.3. The fourth-order valence-corrected chi connectivity index (χ4v) is 4.17. The molecule has 1 aromatic heterocycles. The van der Waals surface area contributed by atoms with Gasteiger partial charge >= 0.3 is 0 Å². The van der Waals surface area contributed by atoms with Gasteiger partial charge in [-0.25, -0.2) is 13.8 Å². The van der Waals surface area contributed by atoms with Crippen LogP contribution in [0.5, 0.6) is 0 Å². The molecule has 0 bridgehead atoms. The molecule has 0 aliphatic carbocycles. The predicted octanol–water partition coefficient (Wildman–Crippen LogP) is 2.99. The molecule has 0 fully saturated rings. The third kappa shape index (κ3) is 5.30. The van der Waals surface area contributed by atoms with E-state index in [2.05, 4.69) is 15.5 Å². The van der Waals surface area contributed by atoms with E-state index in [1.54, 1.807) is 54.9 Å². The molecule has 0 radical (unpaired) electrons. The van der Waals surface area contributed by atoms with Gasteiger partial charge in [0.2, 0.25) is 0 Å². The summed E-state index contributed by atoms with van der Waals surface area (Å²) in [7, 11) is -3.94. The Morgan fingerprint density at radius 3 is 2.43 bits per heavy atom. The van der Waals surface area contributed by atoms with E-state index in [-0.39, 0.29) is 4.90 Å². The Kier molecular flexibility index (Phi) is 6.92. The number of aryl methyl sites for hydroxylation is 1. The van der Waals surface area contributed by atoms with Gasteiger partial charge in [0.05, 0.1) is 16.8 Å². The van der Waals surface area contributed by atoms with Gasteiger partial charge in [0, 0.05) is 18.0 Å². The lowest BCUT2D eigenvalue weighted by molar-refractivity contribution is -0.119. The normalized spacial score (nSPS) is 11.4. The summed E-state index contributed by atoms with van der Waals surface area (Å²) in [5, 5.41) is 3.88. The Morgan fingerprint density at radius 1 is 1.07 bits per heavy atom. The maximum atomic E-state index is 13.2. The van der Waals surface area contributed by atoms with Gasteiger partial charge < -0.3 is 0 Å². The third-order valence-corrected chi connectivity index (χ3v) is 6.13. The van der Waals surface area contributed by atoms with Crippen LogP contribution < -0.4 is 9.73 Å². The van der Waals surface area contributed by atoms with Crippen LogP contribution in [0.1, 0.15) is 18.1 Å². The van der Waals surface area contributed by atoms with Gasteiger partial charge in [0.15, 0.2) is 0 Å². The Morgan fingerprint density at radius 2 is 1.80 bits per heavy atom. The molecule has 3 aromatic rings. The number of carbonyl (C=O) groups is 1. The number of carbonyl (C=O) groups excluding carboxylic acids is 1. The minimum atomic E-state index is -3.94. The number of nitrogens with one attached hydrogen (secondary N) is 1. The first kappa shape index (κ1) is 21.2. The van der Waals surface area contributed by atoms with Crippen molar-refractivity contribution in [2.45, 2.75) is 18.2 Å². The lowest BCUT2D eigenvalue weighted by atomic mass is 10.1. The van der Waals surface area contributed by atoms with E-state index in [4.69, 9.17) is 0 Å². The minimum Gasteiger partial charge on any atom is -0.271 e. The van der Waals surface area contributed by atoms with Crippen molar-refractivity contribution < 1.29 is 13.2 Å². The van der Waals surface area contributed by atoms with Crippen LogP contribution in [0.2, 0.25) is 0 Å². The quantitative estimate of drug-likeness (QED) is 0.446. The summed E-state index contributed by atoms with van der Waals surface area (Å²) in [6.45, 7) is 1.61. The van der Waals surface area contributed by atoms with E-state index >= 15 is 0 Å². The zero-order chi connectivity index (χ0) is 21.4. The van der Waals surface area contributed by atoms with Crippen molar-refractivity contribution in [1.29, 1.82) is 0 Å². The summed E-state index contributed by atoms with van der Waals surface area (Å²) in [5.74, 6) is -0.561. The Hall–Kier alpha value is -3.52. The molecule has 154 valence electrons. The van der Waals surface area contributed by atoms with Crippen LogP contribution in [0.25, 0.3) is 0 Å². The van der Waals surface area contributed by atoms with E-state index < -0.39 is 22.5 Å². The molecule has 0 aliphatic rings. The van der Waals surface area contributed by atoms with E-state index in [0.29, 0.717) is 11.3 Å². The largest absolute Gasteiger partial charge is 0.271 e. The number of anilines is 1. The first-order chi connectivity index (χ1) is 14.5. The number of hydrogen-bond donors (Lipinski definition) is 1. The van der Waals surface area contributed by atoms with Crippen molar-refractivity contribution in [3.8, 4) is 0 Å². The average molecular weight is 423 g/mol. The summed E-state index contributed by atoms with van der Waals surface area (Å²) in [4.78, 5) is 16.5. The van der Waals surface area contributed by atoms with Gasteiger partial charge in [-0.2, -0.15) is 5.10 Å². The van der Waals surface area contributed by atoms with E-state index in [1.807, 2.05) is 19.1 Å². The van der Waals surface area contributed by atoms with Crippen molar-refractivity contribution in [2.75, 3.05) is 10.8 Å². The number of sulfonamides is 1. The molecular formula is C22H22N4O3S. The number of benzene rings is 2. The fraction of sp³-hybridized carbons (Fsp3) is 0.136. The third-order valence-electron chi connectivity index (χ3n) is 4.34. The molecule has 7 nitrogen and oxygen atoms in total. The van der Waals surface area contributed by atoms with Crippen LogP contribution in [0.4, 0.5) is 5.69 Å². The van der Waals surface area contributed by atoms with E-state index in [1.165, 1.54) is 18.3 Å². The van der Waals surface area contributed by atoms with Crippen molar-refractivity contribution in [3.63, 3.8) is 0 Å². The number of hydrazone groups is 1. The second-order valence-electron chi connectivity index (χ2n) is 6.42. The fourth-order valence-electron chi connectivity index (χ4n) is 2.73. The molecule has 0 spiro atoms. The standard InChI is InChI=1S/C22H22N4O3S/c1-2-18-10-12-20(13-11-18)26(30(28,29)21-8-4-3-5-9-21)17-22(27)25-24-16-19-7-6-14-23-15-19/h3-16H,2,17H2,1H3,(H,25,27)/b24-16-. The lowest BCUT2D eigenvalue weighted by Crippen LogP contribution is -2.39. The molecule has 0 atom stereocenters. The van der Waals surface area contributed by atoms with Crippen LogP contribution in [0.15, 0.2) is 89.1 Å². The number of nitrogens with zero attached hydrogens (tertiary/aromatic N) is 3. The molecule has 1 amide bonds. The number of amides is 1. The Labute approximate surface area is 176 Å². The van der Waals surface area contributed by atoms with E-state index in [0.717, 1.165) is 16.3 Å². The van der Waals surface area contributed by atoms with Gasteiger partial charge in [0.1, 0.15) is 6.54 Å². The van der Waals surface area contributed by atoms with Gasteiger partial charge in [-0.1, -0.05) is 43.3 Å². The molecule has 0 saturated carbocycles. The first-order valence-corrected chi connectivity index (χ1v) is 10.8. The number of hydrogen-bond acceptors (Lipinski definition) is 5. The molecule has 30 heavy (non-hydrogen) atoms. The highest BCUT2D eigenvalue weighted by molar-refractivity contribution is 7.92. The number of pyridine rings is 1. The van der Waals surface area contributed by atoms with Crippen LogP contribution in [0, 0.1) is 0 Å². The average Bonchev–Trinajstić information content (AvgIpc) is 2.79. The predicted molar refractivity (Wildman–Crippen MR) is 117 cm³/mol. The van der Waals surface area contributed by atoms with Gasteiger partial charge in [-0.3, -0.25) is 14.1 Å². The molecular weight excluding hydrogens is 400 g/mol. The summed E-state index contributed by atoms with van der Waals surface area (Å²) in [6, 6.07) is 18.6. The molecule has 0 unspecified atom stereocenters. The Bertz CT molecular complexity index is 1100. The highest BCUT2D eigenvalue weighted by Crippen LogP contribution is 2.24. The summed E-state index contributed by atoms with van der Waals surface area (Å²) in [6.07, 6.45) is 5.50. The maximum Gasteiger partial charge on any atom is 0.264 e. The van der Waals surface area contributed by atoms with Crippen LogP contribution >= 0.6 is 0 Å². The first-order valence-electron chi connectivity index (χ1n) is 9.39. The van der Waals surface area contributed by atoms with Crippen LogP contribution in [0.3, 0.4) is 0 Å².